The number of hydrogen-bond donors (Lipinski definition) is 2. The Morgan fingerprint density at radius 3 is 2.71 bits per heavy atom. The van der Waals surface area contributed by atoms with Crippen molar-refractivity contribution in [3.8, 4) is 0 Å². The number of alkyl halides is 3. The molecule has 3 nitrogen and oxygen atoms in total. The predicted molar refractivity (Wildman–Crippen MR) is 74.2 cm³/mol. The molecule has 6 heteroatoms. The zero-order valence-electron chi connectivity index (χ0n) is 11.9. The van der Waals surface area contributed by atoms with Crippen molar-refractivity contribution in [2.24, 2.45) is 5.92 Å². The van der Waals surface area contributed by atoms with E-state index in [0.29, 0.717) is 23.8 Å². The second kappa shape index (κ2) is 6.66. The lowest BCUT2D eigenvalue weighted by Crippen LogP contribution is -2.25. The number of aliphatic hydroxyl groups excluding tert-OH is 1. The summed E-state index contributed by atoms with van der Waals surface area (Å²) in [6.45, 7) is 2.73. The Hall–Kier alpha value is -1.27. The number of anilines is 1. The van der Waals surface area contributed by atoms with Crippen molar-refractivity contribution >= 4 is 5.69 Å². The van der Waals surface area contributed by atoms with Crippen LogP contribution in [0, 0.1) is 12.8 Å². The molecule has 1 atom stereocenters. The Bertz CT molecular complexity index is 472. The average molecular weight is 303 g/mol. The lowest BCUT2D eigenvalue weighted by Gasteiger charge is -2.16. The van der Waals surface area contributed by atoms with E-state index >= 15 is 0 Å². The van der Waals surface area contributed by atoms with Gasteiger partial charge in [0.1, 0.15) is 0 Å². The van der Waals surface area contributed by atoms with E-state index in [0.717, 1.165) is 12.1 Å². The van der Waals surface area contributed by atoms with Crippen LogP contribution in [0.2, 0.25) is 0 Å². The van der Waals surface area contributed by atoms with Crippen LogP contribution in [0.3, 0.4) is 0 Å². The second-order valence-corrected chi connectivity index (χ2v) is 5.54. The minimum Gasteiger partial charge on any atom is -0.389 e. The van der Waals surface area contributed by atoms with Gasteiger partial charge in [-0.05, 0) is 43.4 Å². The summed E-state index contributed by atoms with van der Waals surface area (Å²) in [6, 6.07) is 3.53. The number of rotatable bonds is 7. The highest BCUT2D eigenvalue weighted by Gasteiger charge is 2.30. The van der Waals surface area contributed by atoms with Gasteiger partial charge >= 0.3 is 6.18 Å². The molecule has 1 aliphatic rings. The zero-order valence-corrected chi connectivity index (χ0v) is 11.9. The van der Waals surface area contributed by atoms with Crippen molar-refractivity contribution < 1.29 is 23.0 Å². The summed E-state index contributed by atoms with van der Waals surface area (Å²) in [7, 11) is 0. The molecule has 0 spiro atoms. The van der Waals surface area contributed by atoms with Crippen LogP contribution in [0.5, 0.6) is 0 Å². The highest BCUT2D eigenvalue weighted by molar-refractivity contribution is 5.53. The summed E-state index contributed by atoms with van der Waals surface area (Å²) in [5.74, 6) is 0.621. The first-order chi connectivity index (χ1) is 9.86. The molecule has 118 valence electrons. The molecule has 1 unspecified atom stereocenters. The SMILES string of the molecule is Cc1ccc(C(F)(F)F)cc1NCC(O)COCC1CC1. The third-order valence-electron chi connectivity index (χ3n) is 3.45. The number of ether oxygens (including phenoxy) is 1. The Balaban J connectivity index is 1.83. The fraction of sp³-hybridized carbons (Fsp3) is 0.600. The molecule has 0 radical (unpaired) electrons. The Morgan fingerprint density at radius 2 is 2.10 bits per heavy atom. The van der Waals surface area contributed by atoms with Gasteiger partial charge in [-0.2, -0.15) is 13.2 Å². The van der Waals surface area contributed by atoms with Crippen LogP contribution in [-0.2, 0) is 10.9 Å². The van der Waals surface area contributed by atoms with Crippen molar-refractivity contribution in [2.75, 3.05) is 25.1 Å². The molecule has 0 aliphatic heterocycles. The van der Waals surface area contributed by atoms with Crippen LogP contribution in [0.1, 0.15) is 24.0 Å². The van der Waals surface area contributed by atoms with E-state index < -0.39 is 17.8 Å². The molecule has 21 heavy (non-hydrogen) atoms. The molecule has 0 bridgehead atoms. The van der Waals surface area contributed by atoms with Gasteiger partial charge in [0.2, 0.25) is 0 Å². The predicted octanol–water partition coefficient (Wildman–Crippen LogP) is 3.21. The summed E-state index contributed by atoms with van der Waals surface area (Å²) in [5.41, 5.74) is 0.384. The molecule has 2 rings (SSSR count). The van der Waals surface area contributed by atoms with Gasteiger partial charge in [0.05, 0.1) is 18.3 Å². The maximum Gasteiger partial charge on any atom is 0.416 e. The van der Waals surface area contributed by atoms with Crippen LogP contribution in [0.4, 0.5) is 18.9 Å². The third kappa shape index (κ3) is 5.21. The highest BCUT2D eigenvalue weighted by Crippen LogP contribution is 2.32. The molecule has 1 aliphatic carbocycles. The quantitative estimate of drug-likeness (QED) is 0.812. The lowest BCUT2D eigenvalue weighted by atomic mass is 10.1. The number of halogens is 3. The molecule has 0 aromatic heterocycles. The molecular weight excluding hydrogens is 283 g/mol. The topological polar surface area (TPSA) is 41.5 Å². The number of aryl methyl sites for hydroxylation is 1. The zero-order chi connectivity index (χ0) is 15.5. The summed E-state index contributed by atoms with van der Waals surface area (Å²) in [5, 5.41) is 12.6. The van der Waals surface area contributed by atoms with Crippen molar-refractivity contribution in [1.29, 1.82) is 0 Å². The van der Waals surface area contributed by atoms with Gasteiger partial charge < -0.3 is 15.2 Å². The molecule has 0 heterocycles. The van der Waals surface area contributed by atoms with Gasteiger partial charge in [0.15, 0.2) is 0 Å². The molecule has 0 amide bonds. The van der Waals surface area contributed by atoms with Gasteiger partial charge in [-0.25, -0.2) is 0 Å². The first-order valence-corrected chi connectivity index (χ1v) is 7.04. The maximum absolute atomic E-state index is 12.6. The first-order valence-electron chi connectivity index (χ1n) is 7.04. The summed E-state index contributed by atoms with van der Waals surface area (Å²) in [4.78, 5) is 0. The standard InChI is InChI=1S/C15H20F3NO2/c1-10-2-5-12(15(16,17)18)6-14(10)19-7-13(20)9-21-8-11-3-4-11/h2,5-6,11,13,19-20H,3-4,7-9H2,1H3. The molecular formula is C15H20F3NO2. The van der Waals surface area contributed by atoms with Crippen LogP contribution in [-0.4, -0.2) is 31.0 Å². The third-order valence-corrected chi connectivity index (χ3v) is 3.45. The fourth-order valence-electron chi connectivity index (χ4n) is 1.93. The molecule has 1 fully saturated rings. The van der Waals surface area contributed by atoms with Gasteiger partial charge in [0.25, 0.3) is 0 Å². The second-order valence-electron chi connectivity index (χ2n) is 5.54. The van der Waals surface area contributed by atoms with E-state index in [4.69, 9.17) is 4.74 Å². The number of aliphatic hydroxyl groups is 1. The van der Waals surface area contributed by atoms with E-state index in [1.807, 2.05) is 0 Å². The normalized spacial score (nSPS) is 16.8. The van der Waals surface area contributed by atoms with E-state index in [2.05, 4.69) is 5.32 Å². The minimum absolute atomic E-state index is 0.160. The molecule has 1 aromatic carbocycles. The van der Waals surface area contributed by atoms with Gasteiger partial charge in [0, 0.05) is 18.8 Å². The summed E-state index contributed by atoms with van der Waals surface area (Å²) < 4.78 is 43.3. The molecule has 1 saturated carbocycles. The van der Waals surface area contributed by atoms with Gasteiger partial charge in [-0.1, -0.05) is 6.07 Å². The van der Waals surface area contributed by atoms with Crippen LogP contribution in [0.25, 0.3) is 0 Å². The van der Waals surface area contributed by atoms with Crippen LogP contribution in [0.15, 0.2) is 18.2 Å². The van der Waals surface area contributed by atoms with Crippen molar-refractivity contribution in [3.63, 3.8) is 0 Å². The van der Waals surface area contributed by atoms with E-state index in [-0.39, 0.29) is 13.2 Å². The van der Waals surface area contributed by atoms with Crippen molar-refractivity contribution in [1.82, 2.24) is 0 Å². The summed E-state index contributed by atoms with van der Waals surface area (Å²) >= 11 is 0. The Morgan fingerprint density at radius 1 is 1.38 bits per heavy atom. The van der Waals surface area contributed by atoms with Gasteiger partial charge in [-0.15, -0.1) is 0 Å². The average Bonchev–Trinajstić information content (AvgIpc) is 3.20. The number of hydrogen-bond acceptors (Lipinski definition) is 3. The minimum atomic E-state index is -4.36. The Kier molecular flexibility index (Phi) is 5.11. The summed E-state index contributed by atoms with van der Waals surface area (Å²) in [6.07, 6.45) is -2.75. The lowest BCUT2D eigenvalue weighted by molar-refractivity contribution is -0.137. The fourth-order valence-corrected chi connectivity index (χ4v) is 1.93. The van der Waals surface area contributed by atoms with E-state index in [1.165, 1.54) is 18.9 Å². The van der Waals surface area contributed by atoms with Crippen molar-refractivity contribution in [2.45, 2.75) is 32.0 Å². The molecule has 1 aromatic rings. The smallest absolute Gasteiger partial charge is 0.389 e. The Labute approximate surface area is 122 Å². The van der Waals surface area contributed by atoms with Crippen molar-refractivity contribution in [3.05, 3.63) is 29.3 Å². The number of nitrogens with one attached hydrogen (secondary N) is 1. The number of benzene rings is 1. The largest absolute Gasteiger partial charge is 0.416 e. The van der Waals surface area contributed by atoms with Gasteiger partial charge in [-0.3, -0.25) is 0 Å². The monoisotopic (exact) mass is 303 g/mol. The van der Waals surface area contributed by atoms with Crippen LogP contribution < -0.4 is 5.32 Å². The van der Waals surface area contributed by atoms with E-state index in [9.17, 15) is 18.3 Å². The molecule has 2 N–H and O–H groups in total. The van der Waals surface area contributed by atoms with E-state index in [1.54, 1.807) is 6.92 Å². The first kappa shape index (κ1) is 16.1. The maximum atomic E-state index is 12.6. The molecule has 0 saturated heterocycles. The van der Waals surface area contributed by atoms with Crippen LogP contribution >= 0.6 is 0 Å². The highest BCUT2D eigenvalue weighted by atomic mass is 19.4.